The Balaban J connectivity index is 1.53. The molecule has 2 aromatic rings. The summed E-state index contributed by atoms with van der Waals surface area (Å²) in [5.74, 6) is 0.727. The fourth-order valence-corrected chi connectivity index (χ4v) is 2.49. The van der Waals surface area contributed by atoms with Gasteiger partial charge in [-0.2, -0.15) is 0 Å². The molecule has 2 heterocycles. The Morgan fingerprint density at radius 3 is 2.86 bits per heavy atom. The third-order valence-corrected chi connectivity index (χ3v) is 3.58. The molecule has 0 radical (unpaired) electrons. The summed E-state index contributed by atoms with van der Waals surface area (Å²) in [7, 11) is 0. The number of rotatable bonds is 4. The van der Waals surface area contributed by atoms with E-state index in [1.165, 1.54) is 0 Å². The zero-order chi connectivity index (χ0) is 14.5. The van der Waals surface area contributed by atoms with Gasteiger partial charge < -0.3 is 14.6 Å². The molecule has 108 valence electrons. The molecule has 0 spiro atoms. The molecule has 1 aromatic carbocycles. The number of hydrogen-bond donors (Lipinski definition) is 1. The van der Waals surface area contributed by atoms with Crippen LogP contribution in [0.15, 0.2) is 59.2 Å². The van der Waals surface area contributed by atoms with E-state index >= 15 is 0 Å². The molecule has 0 saturated carbocycles. The minimum absolute atomic E-state index is 0.0313. The number of benzene rings is 1. The number of anilines is 1. The quantitative estimate of drug-likeness (QED) is 0.877. The predicted molar refractivity (Wildman–Crippen MR) is 82.8 cm³/mol. The highest BCUT2D eigenvalue weighted by Crippen LogP contribution is 2.16. The number of para-hydroxylation sites is 1. The average Bonchev–Trinajstić information content (AvgIpc) is 3.17. The summed E-state index contributed by atoms with van der Waals surface area (Å²) in [6.07, 6.45) is 5.85. The zero-order valence-corrected chi connectivity index (χ0v) is 11.7. The normalized spacial score (nSPS) is 18.3. The SMILES string of the molecule is O=C(/C=C/c1ccco1)N1CC[C@H](Nc2ccccc2)C1. The van der Waals surface area contributed by atoms with Gasteiger partial charge in [0.15, 0.2) is 0 Å². The summed E-state index contributed by atoms with van der Waals surface area (Å²) in [6, 6.07) is 14.0. The summed E-state index contributed by atoms with van der Waals surface area (Å²) in [5.41, 5.74) is 1.10. The van der Waals surface area contributed by atoms with Crippen LogP contribution in [0.4, 0.5) is 5.69 Å². The van der Waals surface area contributed by atoms with Gasteiger partial charge in [-0.15, -0.1) is 0 Å². The molecule has 0 unspecified atom stereocenters. The van der Waals surface area contributed by atoms with Gasteiger partial charge in [-0.25, -0.2) is 0 Å². The first-order valence-electron chi connectivity index (χ1n) is 7.13. The van der Waals surface area contributed by atoms with E-state index in [9.17, 15) is 4.79 Å². The van der Waals surface area contributed by atoms with E-state index in [-0.39, 0.29) is 5.91 Å². The van der Waals surface area contributed by atoms with Gasteiger partial charge in [-0.05, 0) is 36.8 Å². The van der Waals surface area contributed by atoms with Gasteiger partial charge in [-0.1, -0.05) is 18.2 Å². The molecular weight excluding hydrogens is 264 g/mol. The number of carbonyl (C=O) groups excluding carboxylic acids is 1. The average molecular weight is 282 g/mol. The lowest BCUT2D eigenvalue weighted by atomic mass is 10.2. The second kappa shape index (κ2) is 6.31. The molecule has 1 fully saturated rings. The lowest BCUT2D eigenvalue weighted by Gasteiger charge is -2.16. The maximum absolute atomic E-state index is 12.1. The van der Waals surface area contributed by atoms with Gasteiger partial charge >= 0.3 is 0 Å². The van der Waals surface area contributed by atoms with E-state index in [4.69, 9.17) is 4.42 Å². The van der Waals surface area contributed by atoms with Gasteiger partial charge in [0, 0.05) is 30.9 Å². The van der Waals surface area contributed by atoms with E-state index in [1.54, 1.807) is 24.5 Å². The monoisotopic (exact) mass is 282 g/mol. The van der Waals surface area contributed by atoms with Crippen LogP contribution < -0.4 is 5.32 Å². The Morgan fingerprint density at radius 1 is 1.24 bits per heavy atom. The number of likely N-dealkylation sites (tertiary alicyclic amines) is 1. The van der Waals surface area contributed by atoms with E-state index in [0.29, 0.717) is 11.8 Å². The Bertz CT molecular complexity index is 605. The highest BCUT2D eigenvalue weighted by molar-refractivity contribution is 5.91. The summed E-state index contributed by atoms with van der Waals surface area (Å²) in [5, 5.41) is 3.46. The van der Waals surface area contributed by atoms with Crippen molar-refractivity contribution < 1.29 is 9.21 Å². The van der Waals surface area contributed by atoms with Crippen molar-refractivity contribution in [1.29, 1.82) is 0 Å². The number of furan rings is 1. The van der Waals surface area contributed by atoms with Crippen molar-refractivity contribution in [2.75, 3.05) is 18.4 Å². The number of nitrogens with zero attached hydrogens (tertiary/aromatic N) is 1. The van der Waals surface area contributed by atoms with Gasteiger partial charge in [0.25, 0.3) is 0 Å². The Labute approximate surface area is 124 Å². The van der Waals surface area contributed by atoms with E-state index in [0.717, 1.165) is 25.2 Å². The van der Waals surface area contributed by atoms with Crippen molar-refractivity contribution in [3.63, 3.8) is 0 Å². The third-order valence-electron chi connectivity index (χ3n) is 3.58. The molecule has 0 bridgehead atoms. The predicted octanol–water partition coefficient (Wildman–Crippen LogP) is 3.01. The van der Waals surface area contributed by atoms with Crippen molar-refractivity contribution in [3.8, 4) is 0 Å². The van der Waals surface area contributed by atoms with Crippen LogP contribution in [0.2, 0.25) is 0 Å². The first-order valence-corrected chi connectivity index (χ1v) is 7.13. The van der Waals surface area contributed by atoms with Crippen LogP contribution in [0.5, 0.6) is 0 Å². The molecule has 0 aliphatic carbocycles. The second-order valence-electron chi connectivity index (χ2n) is 5.13. The van der Waals surface area contributed by atoms with Gasteiger partial charge in [0.2, 0.25) is 5.91 Å². The van der Waals surface area contributed by atoms with Crippen LogP contribution >= 0.6 is 0 Å². The number of carbonyl (C=O) groups is 1. The largest absolute Gasteiger partial charge is 0.465 e. The fraction of sp³-hybridized carbons (Fsp3) is 0.235. The maximum atomic E-state index is 12.1. The van der Waals surface area contributed by atoms with Crippen molar-refractivity contribution in [3.05, 3.63) is 60.6 Å². The lowest BCUT2D eigenvalue weighted by Crippen LogP contribution is -2.30. The van der Waals surface area contributed by atoms with E-state index in [2.05, 4.69) is 5.32 Å². The molecule has 1 aliphatic rings. The molecule has 3 rings (SSSR count). The van der Waals surface area contributed by atoms with E-state index in [1.807, 2.05) is 41.3 Å². The van der Waals surface area contributed by atoms with Gasteiger partial charge in [0.05, 0.1) is 6.26 Å². The van der Waals surface area contributed by atoms with Crippen molar-refractivity contribution >= 4 is 17.7 Å². The maximum Gasteiger partial charge on any atom is 0.246 e. The molecule has 1 N–H and O–H groups in total. The minimum atomic E-state index is 0.0313. The topological polar surface area (TPSA) is 45.5 Å². The minimum Gasteiger partial charge on any atom is -0.465 e. The molecule has 1 atom stereocenters. The van der Waals surface area contributed by atoms with E-state index < -0.39 is 0 Å². The molecule has 1 saturated heterocycles. The van der Waals surface area contributed by atoms with Crippen LogP contribution in [-0.4, -0.2) is 29.9 Å². The third kappa shape index (κ3) is 3.54. The molecular formula is C17H18N2O2. The summed E-state index contributed by atoms with van der Waals surface area (Å²) in [6.45, 7) is 1.52. The summed E-state index contributed by atoms with van der Waals surface area (Å²) >= 11 is 0. The molecule has 4 heteroatoms. The Morgan fingerprint density at radius 2 is 2.10 bits per heavy atom. The van der Waals surface area contributed by atoms with Crippen molar-refractivity contribution in [1.82, 2.24) is 4.90 Å². The molecule has 21 heavy (non-hydrogen) atoms. The van der Waals surface area contributed by atoms with Gasteiger partial charge in [0.1, 0.15) is 5.76 Å². The number of hydrogen-bond acceptors (Lipinski definition) is 3. The van der Waals surface area contributed by atoms with Crippen LogP contribution in [0.3, 0.4) is 0 Å². The van der Waals surface area contributed by atoms with Crippen molar-refractivity contribution in [2.24, 2.45) is 0 Å². The lowest BCUT2D eigenvalue weighted by molar-refractivity contribution is -0.124. The fourth-order valence-electron chi connectivity index (χ4n) is 2.49. The molecule has 1 amide bonds. The van der Waals surface area contributed by atoms with Crippen LogP contribution in [0, 0.1) is 0 Å². The number of nitrogens with one attached hydrogen (secondary N) is 1. The van der Waals surface area contributed by atoms with Crippen LogP contribution in [0.1, 0.15) is 12.2 Å². The Hall–Kier alpha value is -2.49. The first kappa shape index (κ1) is 13.5. The Kier molecular flexibility index (Phi) is 4.05. The van der Waals surface area contributed by atoms with Crippen LogP contribution in [0.25, 0.3) is 6.08 Å². The second-order valence-corrected chi connectivity index (χ2v) is 5.13. The van der Waals surface area contributed by atoms with Crippen LogP contribution in [-0.2, 0) is 4.79 Å². The molecule has 1 aliphatic heterocycles. The zero-order valence-electron chi connectivity index (χ0n) is 11.7. The number of amides is 1. The summed E-state index contributed by atoms with van der Waals surface area (Å²) < 4.78 is 5.18. The highest BCUT2D eigenvalue weighted by Gasteiger charge is 2.24. The molecule has 1 aromatic heterocycles. The van der Waals surface area contributed by atoms with Crippen molar-refractivity contribution in [2.45, 2.75) is 12.5 Å². The smallest absolute Gasteiger partial charge is 0.246 e. The first-order chi connectivity index (χ1) is 10.3. The highest BCUT2D eigenvalue weighted by atomic mass is 16.3. The standard InChI is InChI=1S/C17H18N2O2/c20-17(9-8-16-7-4-12-21-16)19-11-10-15(13-19)18-14-5-2-1-3-6-14/h1-9,12,15,18H,10-11,13H2/b9-8+/t15-/m0/s1. The summed E-state index contributed by atoms with van der Waals surface area (Å²) in [4.78, 5) is 14.0. The van der Waals surface area contributed by atoms with Gasteiger partial charge in [-0.3, -0.25) is 4.79 Å². The molecule has 4 nitrogen and oxygen atoms in total.